The van der Waals surface area contributed by atoms with E-state index in [1.807, 2.05) is 13.8 Å². The highest BCUT2D eigenvalue weighted by Gasteiger charge is 2.33. The van der Waals surface area contributed by atoms with Crippen LogP contribution in [0.1, 0.15) is 25.8 Å². The zero-order chi connectivity index (χ0) is 17.9. The quantitative estimate of drug-likeness (QED) is 0.593. The van der Waals surface area contributed by atoms with Gasteiger partial charge in [-0.15, -0.1) is 0 Å². The Balaban J connectivity index is 2.19. The van der Waals surface area contributed by atoms with Crippen LogP contribution in [-0.4, -0.2) is 38.9 Å². The highest BCUT2D eigenvalue weighted by molar-refractivity contribution is 8.26. The summed E-state index contributed by atoms with van der Waals surface area (Å²) in [5.74, 6) is -0.938. The molecule has 1 fully saturated rings. The van der Waals surface area contributed by atoms with Crippen LogP contribution in [-0.2, 0) is 9.59 Å². The number of amides is 1. The second kappa shape index (κ2) is 8.00. The van der Waals surface area contributed by atoms with Gasteiger partial charge in [0, 0.05) is 0 Å². The maximum atomic E-state index is 12.2. The Morgan fingerprint density at radius 2 is 2.25 bits per heavy atom. The number of hydrogen-bond donors (Lipinski definition) is 1. The maximum absolute atomic E-state index is 12.2. The molecular formula is C16H16ClNO4S2. The van der Waals surface area contributed by atoms with Crippen molar-refractivity contribution in [2.75, 3.05) is 6.54 Å². The van der Waals surface area contributed by atoms with Gasteiger partial charge in [0.15, 0.2) is 0 Å². The molecule has 1 saturated heterocycles. The zero-order valence-corrected chi connectivity index (χ0v) is 15.5. The van der Waals surface area contributed by atoms with Gasteiger partial charge >= 0.3 is 5.97 Å². The Labute approximate surface area is 154 Å². The summed E-state index contributed by atoms with van der Waals surface area (Å²) >= 11 is 12.3. The van der Waals surface area contributed by atoms with Crippen LogP contribution in [0.15, 0.2) is 23.1 Å². The molecule has 1 aromatic carbocycles. The largest absolute Gasteiger partial charge is 0.489 e. The van der Waals surface area contributed by atoms with Gasteiger partial charge in [-0.05, 0) is 37.1 Å². The fourth-order valence-corrected chi connectivity index (χ4v) is 3.41. The van der Waals surface area contributed by atoms with Crippen LogP contribution in [0.25, 0.3) is 6.08 Å². The van der Waals surface area contributed by atoms with Crippen molar-refractivity contribution >= 4 is 57.9 Å². The standard InChI is InChI=1S/C16H16ClNO4S2/c1-3-9(2)22-12-5-4-10(6-11(12)17)7-13-15(21)18(8-14(19)20)16(23)24-13/h4-7,9H,3,8H2,1-2H3,(H,19,20)/b13-7+/t9-/m1/s1. The van der Waals surface area contributed by atoms with E-state index in [4.69, 9.17) is 33.7 Å². The summed E-state index contributed by atoms with van der Waals surface area (Å²) in [4.78, 5) is 24.4. The molecule has 1 aliphatic heterocycles. The molecule has 1 aliphatic rings. The summed E-state index contributed by atoms with van der Waals surface area (Å²) in [7, 11) is 0. The third kappa shape index (κ3) is 4.49. The molecule has 128 valence electrons. The van der Waals surface area contributed by atoms with E-state index in [2.05, 4.69) is 0 Å². The first-order valence-electron chi connectivity index (χ1n) is 7.25. The summed E-state index contributed by atoms with van der Waals surface area (Å²) < 4.78 is 5.93. The number of ether oxygens (including phenoxy) is 1. The lowest BCUT2D eigenvalue weighted by Crippen LogP contribution is -2.33. The molecule has 1 atom stereocenters. The molecule has 0 aliphatic carbocycles. The predicted molar refractivity (Wildman–Crippen MR) is 99.3 cm³/mol. The fourth-order valence-electron chi connectivity index (χ4n) is 1.93. The molecule has 5 nitrogen and oxygen atoms in total. The monoisotopic (exact) mass is 385 g/mol. The van der Waals surface area contributed by atoms with Crippen molar-refractivity contribution in [3.05, 3.63) is 33.7 Å². The molecule has 0 aromatic heterocycles. The van der Waals surface area contributed by atoms with E-state index < -0.39 is 18.4 Å². The number of carboxylic acid groups (broad SMARTS) is 1. The van der Waals surface area contributed by atoms with Crippen molar-refractivity contribution in [3.63, 3.8) is 0 Å². The lowest BCUT2D eigenvalue weighted by atomic mass is 10.2. The Kier molecular flexibility index (Phi) is 6.26. The molecule has 0 unspecified atom stereocenters. The lowest BCUT2D eigenvalue weighted by molar-refractivity contribution is -0.140. The van der Waals surface area contributed by atoms with E-state index in [1.54, 1.807) is 24.3 Å². The van der Waals surface area contributed by atoms with Crippen LogP contribution in [0, 0.1) is 0 Å². The Morgan fingerprint density at radius 3 is 2.83 bits per heavy atom. The van der Waals surface area contributed by atoms with Gasteiger partial charge in [-0.2, -0.15) is 0 Å². The molecule has 0 radical (unpaired) electrons. The van der Waals surface area contributed by atoms with Crippen molar-refractivity contribution in [3.8, 4) is 5.75 Å². The van der Waals surface area contributed by atoms with Crippen molar-refractivity contribution < 1.29 is 19.4 Å². The molecule has 0 saturated carbocycles. The van der Waals surface area contributed by atoms with Gasteiger partial charge in [0.1, 0.15) is 16.6 Å². The van der Waals surface area contributed by atoms with Gasteiger partial charge in [-0.3, -0.25) is 14.5 Å². The number of carbonyl (C=O) groups excluding carboxylic acids is 1. The molecule has 0 bridgehead atoms. The average molecular weight is 386 g/mol. The molecule has 2 rings (SSSR count). The lowest BCUT2D eigenvalue weighted by Gasteiger charge is -2.14. The molecule has 8 heteroatoms. The Hall–Kier alpha value is -1.57. The number of hydrogen-bond acceptors (Lipinski definition) is 5. The van der Waals surface area contributed by atoms with Crippen LogP contribution in [0.3, 0.4) is 0 Å². The van der Waals surface area contributed by atoms with E-state index in [9.17, 15) is 9.59 Å². The number of rotatable bonds is 6. The summed E-state index contributed by atoms with van der Waals surface area (Å²) in [6.45, 7) is 3.54. The van der Waals surface area contributed by atoms with Crippen molar-refractivity contribution in [1.82, 2.24) is 4.90 Å². The summed E-state index contributed by atoms with van der Waals surface area (Å²) in [6, 6.07) is 5.23. The van der Waals surface area contributed by atoms with Gasteiger partial charge in [0.05, 0.1) is 16.0 Å². The number of thioether (sulfide) groups is 1. The van der Waals surface area contributed by atoms with Crippen LogP contribution in [0.2, 0.25) is 5.02 Å². The van der Waals surface area contributed by atoms with E-state index in [1.165, 1.54) is 0 Å². The molecule has 1 aromatic rings. The van der Waals surface area contributed by atoms with Crippen molar-refractivity contribution in [1.29, 1.82) is 0 Å². The number of nitrogens with zero attached hydrogens (tertiary/aromatic N) is 1. The smallest absolute Gasteiger partial charge is 0.323 e. The van der Waals surface area contributed by atoms with E-state index >= 15 is 0 Å². The number of aliphatic carboxylic acids is 1. The first kappa shape index (κ1) is 18.8. The highest BCUT2D eigenvalue weighted by Crippen LogP contribution is 2.34. The number of benzene rings is 1. The minimum atomic E-state index is -1.11. The number of carbonyl (C=O) groups is 2. The summed E-state index contributed by atoms with van der Waals surface area (Å²) in [5, 5.41) is 9.28. The number of halogens is 1. The van der Waals surface area contributed by atoms with E-state index in [-0.39, 0.29) is 10.4 Å². The SMILES string of the molecule is CC[C@@H](C)Oc1ccc(/C=C2/SC(=S)N(CC(=O)O)C2=O)cc1Cl. The minimum Gasteiger partial charge on any atom is -0.489 e. The van der Waals surface area contributed by atoms with Gasteiger partial charge < -0.3 is 9.84 Å². The summed E-state index contributed by atoms with van der Waals surface area (Å²) in [6.07, 6.45) is 2.56. The first-order chi connectivity index (χ1) is 11.3. The van der Waals surface area contributed by atoms with Crippen molar-refractivity contribution in [2.45, 2.75) is 26.4 Å². The van der Waals surface area contributed by atoms with E-state index in [0.717, 1.165) is 23.1 Å². The molecule has 1 N–H and O–H groups in total. The molecule has 0 spiro atoms. The number of thiocarbonyl (C=S) groups is 1. The Morgan fingerprint density at radius 1 is 1.54 bits per heavy atom. The van der Waals surface area contributed by atoms with Crippen molar-refractivity contribution in [2.24, 2.45) is 0 Å². The third-order valence-electron chi connectivity index (χ3n) is 3.32. The van der Waals surface area contributed by atoms with Crippen LogP contribution in [0.4, 0.5) is 0 Å². The fraction of sp³-hybridized carbons (Fsp3) is 0.312. The topological polar surface area (TPSA) is 66.8 Å². The van der Waals surface area contributed by atoms with E-state index in [0.29, 0.717) is 21.2 Å². The highest BCUT2D eigenvalue weighted by atomic mass is 35.5. The maximum Gasteiger partial charge on any atom is 0.323 e. The number of carboxylic acids is 1. The minimum absolute atomic E-state index is 0.0561. The van der Waals surface area contributed by atoms with Crippen LogP contribution in [0.5, 0.6) is 5.75 Å². The third-order valence-corrected chi connectivity index (χ3v) is 5.00. The van der Waals surface area contributed by atoms with Crippen LogP contribution >= 0.6 is 35.6 Å². The zero-order valence-electron chi connectivity index (χ0n) is 13.1. The predicted octanol–water partition coefficient (Wildman–Crippen LogP) is 3.80. The Bertz CT molecular complexity index is 720. The average Bonchev–Trinajstić information content (AvgIpc) is 2.77. The molecule has 24 heavy (non-hydrogen) atoms. The normalized spacial score (nSPS) is 17.5. The molecule has 1 heterocycles. The van der Waals surface area contributed by atoms with Gasteiger partial charge in [-0.1, -0.05) is 48.6 Å². The molecule has 1 amide bonds. The van der Waals surface area contributed by atoms with Gasteiger partial charge in [-0.25, -0.2) is 0 Å². The summed E-state index contributed by atoms with van der Waals surface area (Å²) in [5.41, 5.74) is 0.715. The van der Waals surface area contributed by atoms with Gasteiger partial charge in [0.2, 0.25) is 0 Å². The second-order valence-corrected chi connectivity index (χ2v) is 7.27. The molecular weight excluding hydrogens is 370 g/mol. The first-order valence-corrected chi connectivity index (χ1v) is 8.85. The van der Waals surface area contributed by atoms with Crippen LogP contribution < -0.4 is 4.74 Å². The van der Waals surface area contributed by atoms with Gasteiger partial charge in [0.25, 0.3) is 5.91 Å². The second-order valence-electron chi connectivity index (χ2n) is 5.19.